The van der Waals surface area contributed by atoms with Crippen molar-refractivity contribution in [1.82, 2.24) is 0 Å². The highest BCUT2D eigenvalue weighted by molar-refractivity contribution is 6.22. The number of hydrogen-bond acceptors (Lipinski definition) is 2. The molecule has 0 amide bonds. The number of methoxy groups -OCH3 is 1. The molecule has 0 N–H and O–H groups in total. The van der Waals surface area contributed by atoms with E-state index in [2.05, 4.69) is 4.74 Å². The highest BCUT2D eigenvalue weighted by Crippen LogP contribution is 2.27. The van der Waals surface area contributed by atoms with Crippen molar-refractivity contribution in [2.75, 3.05) is 7.11 Å². The second-order valence-corrected chi connectivity index (χ2v) is 3.48. The van der Waals surface area contributed by atoms with E-state index in [4.69, 9.17) is 11.6 Å². The summed E-state index contributed by atoms with van der Waals surface area (Å²) in [6.45, 7) is 0. The zero-order valence-corrected chi connectivity index (χ0v) is 7.93. The molecule has 0 aromatic rings. The molecule has 1 unspecified atom stereocenters. The maximum atomic E-state index is 10.9. The predicted molar refractivity (Wildman–Crippen MR) is 48.2 cm³/mol. The number of carbonyl (C=O) groups is 1. The molecule has 1 rings (SSSR count). The van der Waals surface area contributed by atoms with Crippen LogP contribution in [0.2, 0.25) is 0 Å². The van der Waals surface area contributed by atoms with Gasteiger partial charge in [-0.25, -0.2) is 4.79 Å². The van der Waals surface area contributed by atoms with Crippen LogP contribution in [-0.2, 0) is 9.53 Å². The minimum atomic E-state index is -0.294. The molecular weight excluding hydrogens is 176 g/mol. The summed E-state index contributed by atoms with van der Waals surface area (Å²) in [5, 5.41) is 0.0397. The van der Waals surface area contributed by atoms with Gasteiger partial charge in [0, 0.05) is 6.08 Å². The van der Waals surface area contributed by atoms with Gasteiger partial charge in [-0.3, -0.25) is 0 Å². The highest BCUT2D eigenvalue weighted by Gasteiger charge is 2.16. The lowest BCUT2D eigenvalue weighted by Crippen LogP contribution is -2.11. The summed E-state index contributed by atoms with van der Waals surface area (Å²) in [4.78, 5) is 10.9. The van der Waals surface area contributed by atoms with E-state index in [1.54, 1.807) is 0 Å². The first-order valence-electron chi connectivity index (χ1n) is 4.16. The quantitative estimate of drug-likeness (QED) is 0.359. The molecule has 1 saturated carbocycles. The first kappa shape index (κ1) is 9.59. The maximum absolute atomic E-state index is 10.9. The highest BCUT2D eigenvalue weighted by atomic mass is 35.5. The van der Waals surface area contributed by atoms with Crippen molar-refractivity contribution < 1.29 is 9.53 Å². The van der Waals surface area contributed by atoms with Crippen molar-refractivity contribution in [3.05, 3.63) is 11.6 Å². The second kappa shape index (κ2) is 4.51. The van der Waals surface area contributed by atoms with E-state index in [1.807, 2.05) is 0 Å². The molecule has 0 radical (unpaired) electrons. The zero-order valence-electron chi connectivity index (χ0n) is 7.18. The normalized spacial score (nSPS) is 27.2. The average Bonchev–Trinajstić information content (AvgIpc) is 2.09. The minimum absolute atomic E-state index is 0.0397. The fourth-order valence-electron chi connectivity index (χ4n) is 1.37. The molecule has 0 aliphatic heterocycles. The van der Waals surface area contributed by atoms with E-state index in [-0.39, 0.29) is 11.3 Å². The van der Waals surface area contributed by atoms with Crippen LogP contribution in [0.5, 0.6) is 0 Å². The molecule has 1 aliphatic rings. The molecular formula is C9H13ClO2. The average molecular weight is 189 g/mol. The largest absolute Gasteiger partial charge is 0.466 e. The van der Waals surface area contributed by atoms with E-state index in [0.717, 1.165) is 31.3 Å². The molecule has 68 valence electrons. The van der Waals surface area contributed by atoms with Gasteiger partial charge in [0.1, 0.15) is 0 Å². The van der Waals surface area contributed by atoms with Crippen LogP contribution in [-0.4, -0.2) is 18.5 Å². The van der Waals surface area contributed by atoms with Gasteiger partial charge < -0.3 is 4.74 Å². The monoisotopic (exact) mass is 188 g/mol. The van der Waals surface area contributed by atoms with Crippen LogP contribution in [0.3, 0.4) is 0 Å². The molecule has 3 heteroatoms. The Hall–Kier alpha value is -0.500. The first-order chi connectivity index (χ1) is 5.74. The van der Waals surface area contributed by atoms with Gasteiger partial charge in [0.2, 0.25) is 0 Å². The zero-order chi connectivity index (χ0) is 8.97. The lowest BCUT2D eigenvalue weighted by molar-refractivity contribution is -0.134. The summed E-state index contributed by atoms with van der Waals surface area (Å²) in [5.41, 5.74) is 1.02. The summed E-state index contributed by atoms with van der Waals surface area (Å²) in [6, 6.07) is 0. The Morgan fingerprint density at radius 2 is 2.42 bits per heavy atom. The summed E-state index contributed by atoms with van der Waals surface area (Å²) >= 11 is 6.01. The number of alkyl halides is 1. The Balaban J connectivity index is 2.58. The van der Waals surface area contributed by atoms with Crippen LogP contribution in [0.4, 0.5) is 0 Å². The molecule has 1 aliphatic carbocycles. The molecule has 0 aromatic heterocycles. The van der Waals surface area contributed by atoms with E-state index in [1.165, 1.54) is 13.2 Å². The Labute approximate surface area is 77.5 Å². The Morgan fingerprint density at radius 1 is 1.67 bits per heavy atom. The third kappa shape index (κ3) is 2.52. The summed E-state index contributed by atoms with van der Waals surface area (Å²) in [6.07, 6.45) is 5.73. The smallest absolute Gasteiger partial charge is 0.330 e. The molecule has 0 heterocycles. The number of ether oxygens (including phenoxy) is 1. The summed E-state index contributed by atoms with van der Waals surface area (Å²) in [5.74, 6) is -0.294. The van der Waals surface area contributed by atoms with Gasteiger partial charge in [-0.15, -0.1) is 11.6 Å². The number of halogens is 1. The third-order valence-corrected chi connectivity index (χ3v) is 2.58. The molecule has 12 heavy (non-hydrogen) atoms. The number of allylic oxidation sites excluding steroid dienone is 1. The number of rotatable bonds is 1. The van der Waals surface area contributed by atoms with Crippen molar-refractivity contribution in [3.8, 4) is 0 Å². The van der Waals surface area contributed by atoms with Crippen molar-refractivity contribution in [3.63, 3.8) is 0 Å². The topological polar surface area (TPSA) is 26.3 Å². The Kier molecular flexibility index (Phi) is 3.60. The van der Waals surface area contributed by atoms with Gasteiger partial charge in [-0.1, -0.05) is 6.42 Å². The molecule has 0 bridgehead atoms. The van der Waals surface area contributed by atoms with Gasteiger partial charge in [0.05, 0.1) is 12.5 Å². The molecule has 0 aromatic carbocycles. The van der Waals surface area contributed by atoms with Crippen molar-refractivity contribution in [1.29, 1.82) is 0 Å². The van der Waals surface area contributed by atoms with Crippen LogP contribution in [0, 0.1) is 0 Å². The van der Waals surface area contributed by atoms with Gasteiger partial charge >= 0.3 is 5.97 Å². The molecule has 0 spiro atoms. The fourth-order valence-corrected chi connectivity index (χ4v) is 1.69. The Bertz CT molecular complexity index is 199. The van der Waals surface area contributed by atoms with Crippen LogP contribution < -0.4 is 0 Å². The van der Waals surface area contributed by atoms with E-state index in [9.17, 15) is 4.79 Å². The molecule has 1 atom stereocenters. The standard InChI is InChI=1S/C9H13ClO2/c1-12-9(11)6-7-4-2-3-5-8(7)10/h6,8H,2-5H2,1H3/b7-6+. The fraction of sp³-hybridized carbons (Fsp3) is 0.667. The third-order valence-electron chi connectivity index (χ3n) is 2.08. The van der Waals surface area contributed by atoms with Crippen molar-refractivity contribution >= 4 is 17.6 Å². The second-order valence-electron chi connectivity index (χ2n) is 2.96. The predicted octanol–water partition coefficient (Wildman–Crippen LogP) is 2.27. The SMILES string of the molecule is COC(=O)/C=C1\CCCCC1Cl. The van der Waals surface area contributed by atoms with E-state index >= 15 is 0 Å². The maximum Gasteiger partial charge on any atom is 0.330 e. The van der Waals surface area contributed by atoms with E-state index in [0.29, 0.717) is 0 Å². The van der Waals surface area contributed by atoms with Crippen molar-refractivity contribution in [2.24, 2.45) is 0 Å². The van der Waals surface area contributed by atoms with Gasteiger partial charge in [-0.2, -0.15) is 0 Å². The number of carbonyl (C=O) groups excluding carboxylic acids is 1. The van der Waals surface area contributed by atoms with Crippen LogP contribution in [0.15, 0.2) is 11.6 Å². The van der Waals surface area contributed by atoms with Crippen LogP contribution in [0.25, 0.3) is 0 Å². The lowest BCUT2D eigenvalue weighted by atomic mass is 9.94. The molecule has 1 fully saturated rings. The molecule has 2 nitrogen and oxygen atoms in total. The van der Waals surface area contributed by atoms with Crippen molar-refractivity contribution in [2.45, 2.75) is 31.1 Å². The van der Waals surface area contributed by atoms with Crippen LogP contribution >= 0.6 is 11.6 Å². The van der Waals surface area contributed by atoms with Gasteiger partial charge in [0.25, 0.3) is 0 Å². The van der Waals surface area contributed by atoms with Crippen LogP contribution in [0.1, 0.15) is 25.7 Å². The summed E-state index contributed by atoms with van der Waals surface area (Å²) in [7, 11) is 1.38. The van der Waals surface area contributed by atoms with E-state index < -0.39 is 0 Å². The number of esters is 1. The first-order valence-corrected chi connectivity index (χ1v) is 4.60. The minimum Gasteiger partial charge on any atom is -0.466 e. The summed E-state index contributed by atoms with van der Waals surface area (Å²) < 4.78 is 4.53. The number of hydrogen-bond donors (Lipinski definition) is 0. The lowest BCUT2D eigenvalue weighted by Gasteiger charge is -2.18. The van der Waals surface area contributed by atoms with Gasteiger partial charge in [0.15, 0.2) is 0 Å². The Morgan fingerprint density at radius 3 is 3.00 bits per heavy atom. The molecule has 0 saturated heterocycles. The van der Waals surface area contributed by atoms with Gasteiger partial charge in [-0.05, 0) is 24.8 Å².